The van der Waals surface area contributed by atoms with Crippen LogP contribution in [-0.4, -0.2) is 14.5 Å². The minimum absolute atomic E-state index is 0.145. The normalized spacial score (nSPS) is 24.4. The predicted octanol–water partition coefficient (Wildman–Crippen LogP) is 4.54. The first-order valence-corrected chi connectivity index (χ1v) is 10.6. The molecule has 0 aliphatic heterocycles. The number of sulfonamides is 1. The fourth-order valence-corrected chi connectivity index (χ4v) is 5.98. The molecule has 1 aromatic carbocycles. The molecule has 4 rings (SSSR count). The summed E-state index contributed by atoms with van der Waals surface area (Å²) in [6.45, 7) is 0. The second-order valence-electron chi connectivity index (χ2n) is 6.44. The zero-order valence-electron chi connectivity index (χ0n) is 12.5. The van der Waals surface area contributed by atoms with Gasteiger partial charge in [-0.05, 0) is 48.1 Å². The van der Waals surface area contributed by atoms with Crippen molar-refractivity contribution in [3.8, 4) is 10.4 Å². The molecule has 122 valence electrons. The summed E-state index contributed by atoms with van der Waals surface area (Å²) in [5.41, 5.74) is 0.986. The molecule has 1 heterocycles. The van der Waals surface area contributed by atoms with Crippen molar-refractivity contribution in [2.45, 2.75) is 35.9 Å². The van der Waals surface area contributed by atoms with Gasteiger partial charge in [0.15, 0.2) is 0 Å². The van der Waals surface area contributed by atoms with E-state index in [0.717, 1.165) is 22.8 Å². The molecule has 2 fully saturated rings. The van der Waals surface area contributed by atoms with Crippen molar-refractivity contribution in [3.05, 3.63) is 41.4 Å². The van der Waals surface area contributed by atoms with Crippen molar-refractivity contribution in [2.24, 2.45) is 11.8 Å². The Hall–Kier alpha value is -0.880. The molecule has 0 spiro atoms. The lowest BCUT2D eigenvalue weighted by molar-refractivity contribution is 0.272. The van der Waals surface area contributed by atoms with Crippen molar-refractivity contribution < 1.29 is 8.42 Å². The largest absolute Gasteiger partial charge is 0.250 e. The molecule has 1 N–H and O–H groups in total. The molecule has 23 heavy (non-hydrogen) atoms. The second-order valence-corrected chi connectivity index (χ2v) is 9.90. The van der Waals surface area contributed by atoms with Crippen LogP contribution in [0.4, 0.5) is 0 Å². The van der Waals surface area contributed by atoms with Crippen LogP contribution in [0.3, 0.4) is 0 Å². The highest BCUT2D eigenvalue weighted by Crippen LogP contribution is 2.47. The van der Waals surface area contributed by atoms with Crippen LogP contribution in [0.2, 0.25) is 5.02 Å². The highest BCUT2D eigenvalue weighted by atomic mass is 35.5. The van der Waals surface area contributed by atoms with Crippen LogP contribution in [0.25, 0.3) is 10.4 Å². The Morgan fingerprint density at radius 3 is 2.48 bits per heavy atom. The molecule has 2 atom stereocenters. The minimum Gasteiger partial charge on any atom is -0.207 e. The number of thiophene rings is 1. The molecule has 2 aliphatic carbocycles. The molecular weight excluding hydrogens is 350 g/mol. The zero-order chi connectivity index (χ0) is 16.0. The fraction of sp³-hybridized carbons (Fsp3) is 0.412. The fourth-order valence-electron chi connectivity index (χ4n) is 3.23. The first-order valence-electron chi connectivity index (χ1n) is 7.91. The van der Waals surface area contributed by atoms with E-state index < -0.39 is 10.0 Å². The highest BCUT2D eigenvalue weighted by Gasteiger charge is 2.46. The Morgan fingerprint density at radius 1 is 1.09 bits per heavy atom. The lowest BCUT2D eigenvalue weighted by atomic mass is 9.81. The van der Waals surface area contributed by atoms with Gasteiger partial charge in [-0.15, -0.1) is 11.3 Å². The summed E-state index contributed by atoms with van der Waals surface area (Å²) in [6.07, 6.45) is 4.83. The van der Waals surface area contributed by atoms with E-state index in [1.165, 1.54) is 30.6 Å². The van der Waals surface area contributed by atoms with Crippen LogP contribution in [-0.2, 0) is 10.0 Å². The molecule has 2 aliphatic rings. The van der Waals surface area contributed by atoms with Gasteiger partial charge in [-0.2, -0.15) is 0 Å². The third-order valence-corrected chi connectivity index (χ3v) is 8.24. The summed E-state index contributed by atoms with van der Waals surface area (Å²) in [5.74, 6) is 1.31. The predicted molar refractivity (Wildman–Crippen MR) is 94.3 cm³/mol. The van der Waals surface area contributed by atoms with E-state index in [1.807, 2.05) is 30.3 Å². The maximum atomic E-state index is 12.5. The van der Waals surface area contributed by atoms with Gasteiger partial charge in [0.05, 0.1) is 0 Å². The molecule has 2 saturated carbocycles. The first-order chi connectivity index (χ1) is 11.0. The first kappa shape index (κ1) is 15.6. The van der Waals surface area contributed by atoms with Gasteiger partial charge in [-0.25, -0.2) is 13.1 Å². The van der Waals surface area contributed by atoms with Crippen LogP contribution in [0, 0.1) is 11.8 Å². The monoisotopic (exact) mass is 367 g/mol. The van der Waals surface area contributed by atoms with Gasteiger partial charge in [-0.3, -0.25) is 0 Å². The van der Waals surface area contributed by atoms with Gasteiger partial charge in [0.25, 0.3) is 0 Å². The molecule has 0 amide bonds. The summed E-state index contributed by atoms with van der Waals surface area (Å²) < 4.78 is 28.3. The quantitative estimate of drug-likeness (QED) is 0.843. The van der Waals surface area contributed by atoms with E-state index in [1.54, 1.807) is 6.07 Å². The van der Waals surface area contributed by atoms with Crippen LogP contribution < -0.4 is 4.72 Å². The molecule has 0 radical (unpaired) electrons. The Balaban J connectivity index is 1.48. The Labute approximate surface area is 145 Å². The topological polar surface area (TPSA) is 46.2 Å². The van der Waals surface area contributed by atoms with E-state index >= 15 is 0 Å². The third-order valence-electron chi connectivity index (χ3n) is 4.88. The molecule has 0 bridgehead atoms. The maximum Gasteiger partial charge on any atom is 0.250 e. The molecule has 6 heteroatoms. The summed E-state index contributed by atoms with van der Waals surface area (Å²) in [7, 11) is -3.40. The van der Waals surface area contributed by atoms with Crippen LogP contribution in [0.5, 0.6) is 0 Å². The summed E-state index contributed by atoms with van der Waals surface area (Å²) in [4.78, 5) is 0.938. The summed E-state index contributed by atoms with van der Waals surface area (Å²) in [5, 5.41) is 0.676. The molecule has 0 saturated heterocycles. The lowest BCUT2D eigenvalue weighted by Crippen LogP contribution is -2.28. The number of rotatable bonds is 5. The standard InChI is InChI=1S/C17H18ClNO2S2/c18-13-6-4-12(5-7-13)16-8-9-17(22-16)23(20,21)19-15-10-14(15)11-2-1-3-11/h4-9,11,14-15,19H,1-3,10H2/t14-,15+/m0/s1. The van der Waals surface area contributed by atoms with Gasteiger partial charge in [-0.1, -0.05) is 43.0 Å². The van der Waals surface area contributed by atoms with Crippen LogP contribution in [0.15, 0.2) is 40.6 Å². The van der Waals surface area contributed by atoms with Crippen LogP contribution in [0.1, 0.15) is 25.7 Å². The van der Waals surface area contributed by atoms with E-state index in [-0.39, 0.29) is 6.04 Å². The Bertz CT molecular complexity index is 809. The SMILES string of the molecule is O=S(=O)(N[C@@H]1C[C@H]1C1CCC1)c1ccc(-c2ccc(Cl)cc2)s1. The van der Waals surface area contributed by atoms with Crippen LogP contribution >= 0.6 is 22.9 Å². The zero-order valence-corrected chi connectivity index (χ0v) is 14.9. The van der Waals surface area contributed by atoms with Gasteiger partial charge in [0.2, 0.25) is 10.0 Å². The van der Waals surface area contributed by atoms with Crippen molar-refractivity contribution in [1.29, 1.82) is 0 Å². The van der Waals surface area contributed by atoms with E-state index in [2.05, 4.69) is 4.72 Å². The van der Waals surface area contributed by atoms with Crippen molar-refractivity contribution in [2.75, 3.05) is 0 Å². The molecule has 3 nitrogen and oxygen atoms in total. The average Bonchev–Trinajstić information content (AvgIpc) is 3.00. The van der Waals surface area contributed by atoms with Gasteiger partial charge < -0.3 is 0 Å². The molecule has 2 aromatic rings. The maximum absolute atomic E-state index is 12.5. The molecular formula is C17H18ClNO2S2. The number of hydrogen-bond donors (Lipinski definition) is 1. The Morgan fingerprint density at radius 2 is 1.83 bits per heavy atom. The van der Waals surface area contributed by atoms with Crippen molar-refractivity contribution in [3.63, 3.8) is 0 Å². The molecule has 1 aromatic heterocycles. The lowest BCUT2D eigenvalue weighted by Gasteiger charge is -2.25. The number of nitrogens with one attached hydrogen (secondary N) is 1. The Kier molecular flexibility index (Phi) is 4.00. The smallest absolute Gasteiger partial charge is 0.207 e. The molecule has 0 unspecified atom stereocenters. The highest BCUT2D eigenvalue weighted by molar-refractivity contribution is 7.91. The number of benzene rings is 1. The average molecular weight is 368 g/mol. The van der Waals surface area contributed by atoms with E-state index in [0.29, 0.717) is 15.1 Å². The third kappa shape index (κ3) is 3.20. The van der Waals surface area contributed by atoms with Gasteiger partial charge in [0.1, 0.15) is 4.21 Å². The van der Waals surface area contributed by atoms with Gasteiger partial charge in [0, 0.05) is 15.9 Å². The summed E-state index contributed by atoms with van der Waals surface area (Å²) in [6, 6.07) is 11.1. The second kappa shape index (κ2) is 5.88. The van der Waals surface area contributed by atoms with Crippen molar-refractivity contribution in [1.82, 2.24) is 4.72 Å². The van der Waals surface area contributed by atoms with E-state index in [9.17, 15) is 8.42 Å². The summed E-state index contributed by atoms with van der Waals surface area (Å²) >= 11 is 7.20. The number of halogens is 1. The van der Waals surface area contributed by atoms with E-state index in [4.69, 9.17) is 11.6 Å². The number of hydrogen-bond acceptors (Lipinski definition) is 3. The minimum atomic E-state index is -3.40. The van der Waals surface area contributed by atoms with Gasteiger partial charge >= 0.3 is 0 Å². The van der Waals surface area contributed by atoms with Crippen molar-refractivity contribution >= 4 is 33.0 Å².